The van der Waals surface area contributed by atoms with Gasteiger partial charge in [0, 0.05) is 24.4 Å². The topological polar surface area (TPSA) is 88.7 Å². The first-order valence-electron chi connectivity index (χ1n) is 8.80. The molecule has 2 aliphatic rings. The Kier molecular flexibility index (Phi) is 5.56. The zero-order chi connectivity index (χ0) is 16.8. The standard InChI is InChI=1S/C18H26N4O2/c19-18(20-11-9-17(23)21-13-5-1-2-6-13)22-15-10-12-24-16-8-4-3-7-14(15)16/h3-4,7-8,13,15H,1-2,5-6,9-12H2,(H,21,23)(H3,19,20,22). The maximum Gasteiger partial charge on any atom is 0.222 e. The largest absolute Gasteiger partial charge is 0.493 e. The predicted molar refractivity (Wildman–Crippen MR) is 93.9 cm³/mol. The van der Waals surface area contributed by atoms with Gasteiger partial charge in [-0.05, 0) is 18.9 Å². The van der Waals surface area contributed by atoms with Crippen LogP contribution in [0, 0.1) is 0 Å². The smallest absolute Gasteiger partial charge is 0.222 e. The lowest BCUT2D eigenvalue weighted by molar-refractivity contribution is -0.121. The number of hydrogen-bond donors (Lipinski definition) is 3. The number of fused-ring (bicyclic) bond motifs is 1. The molecule has 1 aromatic rings. The molecule has 6 heteroatoms. The Morgan fingerprint density at radius 3 is 2.83 bits per heavy atom. The van der Waals surface area contributed by atoms with Crippen LogP contribution in [0.3, 0.4) is 0 Å². The second-order valence-corrected chi connectivity index (χ2v) is 6.44. The van der Waals surface area contributed by atoms with E-state index in [1.807, 2.05) is 24.3 Å². The monoisotopic (exact) mass is 330 g/mol. The zero-order valence-electron chi connectivity index (χ0n) is 14.0. The van der Waals surface area contributed by atoms with Gasteiger partial charge in [-0.25, -0.2) is 0 Å². The van der Waals surface area contributed by atoms with Crippen molar-refractivity contribution in [3.8, 4) is 5.75 Å². The molecule has 1 heterocycles. The summed E-state index contributed by atoms with van der Waals surface area (Å²) in [5.74, 6) is 1.34. The number of guanidine groups is 1. The molecule has 1 fully saturated rings. The third kappa shape index (κ3) is 4.40. The number of nitrogens with zero attached hydrogens (tertiary/aromatic N) is 1. The average molecular weight is 330 g/mol. The van der Waals surface area contributed by atoms with E-state index in [0.29, 0.717) is 31.6 Å². The van der Waals surface area contributed by atoms with Gasteiger partial charge in [-0.2, -0.15) is 0 Å². The lowest BCUT2D eigenvalue weighted by atomic mass is 10.0. The molecule has 1 amide bonds. The number of rotatable bonds is 5. The van der Waals surface area contributed by atoms with Crippen LogP contribution < -0.4 is 21.1 Å². The molecular weight excluding hydrogens is 304 g/mol. The number of para-hydroxylation sites is 1. The van der Waals surface area contributed by atoms with Gasteiger partial charge < -0.3 is 21.1 Å². The fourth-order valence-corrected chi connectivity index (χ4v) is 3.36. The SMILES string of the molecule is NC(=NCCC(=O)NC1CCCC1)NC1CCOc2ccccc21. The number of ether oxygens (including phenoxy) is 1. The van der Waals surface area contributed by atoms with Crippen molar-refractivity contribution in [3.63, 3.8) is 0 Å². The van der Waals surface area contributed by atoms with Crippen molar-refractivity contribution < 1.29 is 9.53 Å². The summed E-state index contributed by atoms with van der Waals surface area (Å²) in [5, 5.41) is 6.30. The molecule has 130 valence electrons. The van der Waals surface area contributed by atoms with Crippen molar-refractivity contribution in [2.24, 2.45) is 10.7 Å². The highest BCUT2D eigenvalue weighted by Crippen LogP contribution is 2.31. The van der Waals surface area contributed by atoms with Gasteiger partial charge in [-0.1, -0.05) is 31.0 Å². The van der Waals surface area contributed by atoms with Gasteiger partial charge in [0.05, 0.1) is 19.2 Å². The third-order valence-corrected chi connectivity index (χ3v) is 4.62. The van der Waals surface area contributed by atoms with Crippen LogP contribution in [-0.4, -0.2) is 31.1 Å². The van der Waals surface area contributed by atoms with E-state index in [-0.39, 0.29) is 11.9 Å². The Bertz CT molecular complexity index is 596. The van der Waals surface area contributed by atoms with E-state index in [0.717, 1.165) is 30.6 Å². The van der Waals surface area contributed by atoms with E-state index < -0.39 is 0 Å². The summed E-state index contributed by atoms with van der Waals surface area (Å²) < 4.78 is 5.64. The molecule has 0 spiro atoms. The Labute approximate surface area is 142 Å². The molecule has 0 saturated heterocycles. The van der Waals surface area contributed by atoms with Gasteiger partial charge >= 0.3 is 0 Å². The van der Waals surface area contributed by atoms with Crippen LogP contribution in [0.4, 0.5) is 0 Å². The summed E-state index contributed by atoms with van der Waals surface area (Å²) in [6, 6.07) is 8.41. The lowest BCUT2D eigenvalue weighted by Gasteiger charge is -2.26. The molecule has 6 nitrogen and oxygen atoms in total. The second-order valence-electron chi connectivity index (χ2n) is 6.44. The Hall–Kier alpha value is -2.24. The van der Waals surface area contributed by atoms with E-state index in [9.17, 15) is 4.79 Å². The van der Waals surface area contributed by atoms with Crippen LogP contribution >= 0.6 is 0 Å². The molecule has 1 aromatic carbocycles. The van der Waals surface area contributed by atoms with Crippen LogP contribution in [-0.2, 0) is 4.79 Å². The first-order chi connectivity index (χ1) is 11.7. The van der Waals surface area contributed by atoms with Gasteiger partial charge in [0.25, 0.3) is 0 Å². The van der Waals surface area contributed by atoms with Gasteiger partial charge in [-0.3, -0.25) is 9.79 Å². The normalized spacial score (nSPS) is 21.0. The van der Waals surface area contributed by atoms with Crippen LogP contribution in [0.1, 0.15) is 50.1 Å². The van der Waals surface area contributed by atoms with Crippen molar-refractivity contribution in [1.82, 2.24) is 10.6 Å². The van der Waals surface area contributed by atoms with E-state index in [4.69, 9.17) is 10.5 Å². The number of nitrogens with one attached hydrogen (secondary N) is 2. The average Bonchev–Trinajstić information content (AvgIpc) is 3.08. The molecule has 0 bridgehead atoms. The third-order valence-electron chi connectivity index (χ3n) is 4.62. The number of aliphatic imine (C=N–C) groups is 1. The molecule has 3 rings (SSSR count). The fraction of sp³-hybridized carbons (Fsp3) is 0.556. The van der Waals surface area contributed by atoms with Crippen LogP contribution in [0.2, 0.25) is 0 Å². The van der Waals surface area contributed by atoms with E-state index in [1.165, 1.54) is 12.8 Å². The number of amides is 1. The minimum atomic E-state index is 0.0647. The lowest BCUT2D eigenvalue weighted by Crippen LogP contribution is -2.38. The summed E-state index contributed by atoms with van der Waals surface area (Å²) in [4.78, 5) is 16.2. The molecule has 1 aliphatic carbocycles. The van der Waals surface area contributed by atoms with Crippen molar-refractivity contribution in [3.05, 3.63) is 29.8 Å². The van der Waals surface area contributed by atoms with Gasteiger partial charge in [-0.15, -0.1) is 0 Å². The maximum atomic E-state index is 11.9. The number of carbonyl (C=O) groups excluding carboxylic acids is 1. The first-order valence-corrected chi connectivity index (χ1v) is 8.80. The summed E-state index contributed by atoms with van der Waals surface area (Å²) in [5.41, 5.74) is 7.08. The van der Waals surface area contributed by atoms with Crippen LogP contribution in [0.5, 0.6) is 5.75 Å². The second kappa shape index (κ2) is 8.04. The molecule has 1 saturated carbocycles. The fourth-order valence-electron chi connectivity index (χ4n) is 3.36. The molecule has 0 radical (unpaired) electrons. The maximum absolute atomic E-state index is 11.9. The molecule has 4 N–H and O–H groups in total. The van der Waals surface area contributed by atoms with Crippen LogP contribution in [0.25, 0.3) is 0 Å². The zero-order valence-corrected chi connectivity index (χ0v) is 14.0. The summed E-state index contributed by atoms with van der Waals surface area (Å²) in [6.07, 6.45) is 5.85. The van der Waals surface area contributed by atoms with Gasteiger partial charge in [0.15, 0.2) is 5.96 Å². The number of hydrogen-bond acceptors (Lipinski definition) is 3. The number of benzene rings is 1. The quantitative estimate of drug-likeness (QED) is 0.568. The summed E-state index contributed by atoms with van der Waals surface area (Å²) in [6.45, 7) is 1.06. The Morgan fingerprint density at radius 1 is 1.21 bits per heavy atom. The minimum Gasteiger partial charge on any atom is -0.493 e. The highest BCUT2D eigenvalue weighted by atomic mass is 16.5. The van der Waals surface area contributed by atoms with Crippen molar-refractivity contribution >= 4 is 11.9 Å². The predicted octanol–water partition coefficient (Wildman–Crippen LogP) is 1.86. The van der Waals surface area contributed by atoms with Crippen LogP contribution in [0.15, 0.2) is 29.3 Å². The van der Waals surface area contributed by atoms with Gasteiger partial charge in [0.2, 0.25) is 5.91 Å². The number of nitrogens with two attached hydrogens (primary N) is 1. The highest BCUT2D eigenvalue weighted by Gasteiger charge is 2.21. The van der Waals surface area contributed by atoms with E-state index >= 15 is 0 Å². The molecule has 1 unspecified atom stereocenters. The molecule has 0 aromatic heterocycles. The molecular formula is C18H26N4O2. The first kappa shape index (κ1) is 16.6. The van der Waals surface area contributed by atoms with Crippen molar-refractivity contribution in [2.45, 2.75) is 50.6 Å². The molecule has 1 aliphatic heterocycles. The minimum absolute atomic E-state index is 0.0647. The highest BCUT2D eigenvalue weighted by molar-refractivity contribution is 5.80. The summed E-state index contributed by atoms with van der Waals surface area (Å²) in [7, 11) is 0. The number of carbonyl (C=O) groups is 1. The molecule has 24 heavy (non-hydrogen) atoms. The van der Waals surface area contributed by atoms with E-state index in [2.05, 4.69) is 15.6 Å². The van der Waals surface area contributed by atoms with Crippen molar-refractivity contribution in [2.75, 3.05) is 13.2 Å². The van der Waals surface area contributed by atoms with Gasteiger partial charge in [0.1, 0.15) is 5.75 Å². The Balaban J connectivity index is 1.45. The summed E-state index contributed by atoms with van der Waals surface area (Å²) >= 11 is 0. The molecule has 1 atom stereocenters. The Morgan fingerprint density at radius 2 is 2.00 bits per heavy atom. The van der Waals surface area contributed by atoms with E-state index in [1.54, 1.807) is 0 Å². The van der Waals surface area contributed by atoms with Crippen molar-refractivity contribution in [1.29, 1.82) is 0 Å².